The van der Waals surface area contributed by atoms with Gasteiger partial charge < -0.3 is 15.2 Å². The summed E-state index contributed by atoms with van der Waals surface area (Å²) in [4.78, 5) is 36.2. The van der Waals surface area contributed by atoms with Crippen molar-refractivity contribution >= 4 is 27.7 Å². The third-order valence-electron chi connectivity index (χ3n) is 3.36. The maximum atomic E-state index is 13.2. The van der Waals surface area contributed by atoms with Crippen LogP contribution in [0.15, 0.2) is 39.6 Å². The van der Waals surface area contributed by atoms with Crippen LogP contribution in [0.25, 0.3) is 0 Å². The molecule has 2 atom stereocenters. The second kappa shape index (κ2) is 9.68. The number of alkyl carbamates (subject to hydrolysis) is 1. The molecule has 0 fully saturated rings. The Kier molecular flexibility index (Phi) is 8.16. The lowest BCUT2D eigenvalue weighted by Crippen LogP contribution is -2.44. The van der Waals surface area contributed by atoms with Crippen LogP contribution in [0.2, 0.25) is 0 Å². The highest BCUT2D eigenvalue weighted by Gasteiger charge is 2.27. The number of nitrogens with one attached hydrogen (secondary N) is 1. The van der Waals surface area contributed by atoms with Gasteiger partial charge in [-0.3, -0.25) is 9.59 Å². The van der Waals surface area contributed by atoms with Crippen LogP contribution in [0, 0.1) is 5.92 Å². The zero-order chi connectivity index (χ0) is 21.5. The minimum atomic E-state index is -3.53. The number of carboxylic acids is 1. The summed E-state index contributed by atoms with van der Waals surface area (Å²) in [6.45, 7) is 8.76. The number of aliphatic carboxylic acids is 1. The van der Waals surface area contributed by atoms with Crippen molar-refractivity contribution in [3.63, 3.8) is 0 Å². The Hall–Kier alpha value is -2.42. The fourth-order valence-electron chi connectivity index (χ4n) is 2.32. The Labute approximate surface area is 165 Å². The lowest BCUT2D eigenvalue weighted by Gasteiger charge is -2.23. The molecule has 0 saturated carbocycles. The first-order valence-electron chi connectivity index (χ1n) is 8.87. The van der Waals surface area contributed by atoms with Gasteiger partial charge in [0.2, 0.25) is 0 Å². The smallest absolute Gasteiger partial charge is 0.408 e. The summed E-state index contributed by atoms with van der Waals surface area (Å²) in [7, 11) is -3.53. The second-order valence-electron chi connectivity index (χ2n) is 7.75. The van der Waals surface area contributed by atoms with Crippen molar-refractivity contribution in [3.05, 3.63) is 30.3 Å². The van der Waals surface area contributed by atoms with Gasteiger partial charge in [-0.05, 0) is 45.2 Å². The standard InChI is InChI=1S/C19H28N2O6S/c1-13(2)11-15(20-18(25)27-19(3,4)5)17(24)21-28(26,12-16(22)23)14-9-7-6-8-10-14/h6-10,13,15H,11-12H2,1-5H3,(H,20,25)(H,22,23)/t15-,28-/m0/s1. The molecule has 28 heavy (non-hydrogen) atoms. The highest BCUT2D eigenvalue weighted by molar-refractivity contribution is 7.94. The molecule has 0 aliphatic carbocycles. The van der Waals surface area contributed by atoms with E-state index in [1.165, 1.54) is 12.1 Å². The highest BCUT2D eigenvalue weighted by atomic mass is 32.2. The molecule has 8 nitrogen and oxygen atoms in total. The minimum Gasteiger partial charge on any atom is -0.481 e. The van der Waals surface area contributed by atoms with E-state index in [0.29, 0.717) is 0 Å². The van der Waals surface area contributed by atoms with Crippen molar-refractivity contribution in [2.45, 2.75) is 57.6 Å². The summed E-state index contributed by atoms with van der Waals surface area (Å²) >= 11 is 0. The zero-order valence-corrected chi connectivity index (χ0v) is 17.6. The largest absolute Gasteiger partial charge is 0.481 e. The van der Waals surface area contributed by atoms with Gasteiger partial charge in [0.05, 0.1) is 9.73 Å². The predicted octanol–water partition coefficient (Wildman–Crippen LogP) is 3.06. The van der Waals surface area contributed by atoms with E-state index in [0.717, 1.165) is 0 Å². The van der Waals surface area contributed by atoms with Gasteiger partial charge >= 0.3 is 12.1 Å². The van der Waals surface area contributed by atoms with Gasteiger partial charge in [-0.25, -0.2) is 9.00 Å². The molecule has 0 aromatic heterocycles. The molecule has 0 aliphatic heterocycles. The fraction of sp³-hybridized carbons (Fsp3) is 0.526. The van der Waals surface area contributed by atoms with Gasteiger partial charge in [0.1, 0.15) is 17.4 Å². The number of nitrogens with zero attached hydrogens (tertiary/aromatic N) is 1. The fourth-order valence-corrected chi connectivity index (χ4v) is 3.99. The first-order chi connectivity index (χ1) is 12.8. The molecule has 0 unspecified atom stereocenters. The van der Waals surface area contributed by atoms with Crippen LogP contribution in [0.5, 0.6) is 0 Å². The lowest BCUT2D eigenvalue weighted by molar-refractivity contribution is -0.134. The molecule has 2 amide bonds. The van der Waals surface area contributed by atoms with Gasteiger partial charge in [-0.2, -0.15) is 4.36 Å². The number of rotatable bonds is 7. The van der Waals surface area contributed by atoms with Crippen LogP contribution in [-0.4, -0.2) is 44.7 Å². The highest BCUT2D eigenvalue weighted by Crippen LogP contribution is 2.16. The quantitative estimate of drug-likeness (QED) is 0.710. The van der Waals surface area contributed by atoms with Gasteiger partial charge in [-0.15, -0.1) is 0 Å². The summed E-state index contributed by atoms with van der Waals surface area (Å²) in [5, 5.41) is 11.6. The van der Waals surface area contributed by atoms with Gasteiger partial charge in [-0.1, -0.05) is 32.0 Å². The van der Waals surface area contributed by atoms with Gasteiger partial charge in [0, 0.05) is 4.90 Å². The third-order valence-corrected chi connectivity index (χ3v) is 5.49. The monoisotopic (exact) mass is 412 g/mol. The molecular weight excluding hydrogens is 384 g/mol. The van der Waals surface area contributed by atoms with Crippen molar-refractivity contribution in [2.24, 2.45) is 10.3 Å². The summed E-state index contributed by atoms with van der Waals surface area (Å²) in [5.74, 6) is -2.99. The number of hydrogen-bond acceptors (Lipinski definition) is 5. The van der Waals surface area contributed by atoms with Crippen molar-refractivity contribution in [1.29, 1.82) is 0 Å². The molecular formula is C19H28N2O6S. The van der Waals surface area contributed by atoms with Crippen molar-refractivity contribution in [3.8, 4) is 0 Å². The first kappa shape index (κ1) is 23.6. The maximum absolute atomic E-state index is 13.2. The number of ether oxygens (including phenoxy) is 1. The zero-order valence-electron chi connectivity index (χ0n) is 16.8. The van der Waals surface area contributed by atoms with E-state index in [2.05, 4.69) is 9.68 Å². The minimum absolute atomic E-state index is 0.0198. The van der Waals surface area contributed by atoms with E-state index in [-0.39, 0.29) is 17.2 Å². The molecule has 1 aromatic rings. The third kappa shape index (κ3) is 8.08. The Morgan fingerprint density at radius 1 is 1.18 bits per heavy atom. The summed E-state index contributed by atoms with van der Waals surface area (Å²) in [6.07, 6.45) is -0.565. The number of carbonyl (C=O) groups excluding carboxylic acids is 2. The van der Waals surface area contributed by atoms with Crippen LogP contribution in [0.1, 0.15) is 41.0 Å². The molecule has 9 heteroatoms. The Balaban J connectivity index is 3.25. The van der Waals surface area contributed by atoms with E-state index < -0.39 is 45.1 Å². The summed E-state index contributed by atoms with van der Waals surface area (Å²) in [6, 6.07) is 6.69. The second-order valence-corrected chi connectivity index (χ2v) is 9.97. The summed E-state index contributed by atoms with van der Waals surface area (Å²) < 4.78 is 22.1. The molecule has 1 rings (SSSR count). The first-order valence-corrected chi connectivity index (χ1v) is 10.6. The molecule has 156 valence electrons. The molecule has 0 bridgehead atoms. The normalized spacial score (nSPS) is 14.6. The summed E-state index contributed by atoms with van der Waals surface area (Å²) in [5.41, 5.74) is -0.756. The van der Waals surface area contributed by atoms with Crippen molar-refractivity contribution in [1.82, 2.24) is 5.32 Å². The molecule has 0 aliphatic rings. The number of benzene rings is 1. The average molecular weight is 413 g/mol. The SMILES string of the molecule is CC(C)C[C@H](NC(=O)OC(C)(C)C)C(=O)N=[S@](=O)(CC(=O)O)c1ccccc1. The van der Waals surface area contributed by atoms with Crippen molar-refractivity contribution in [2.75, 3.05) is 5.75 Å². The molecule has 2 N–H and O–H groups in total. The maximum Gasteiger partial charge on any atom is 0.408 e. The van der Waals surface area contributed by atoms with E-state index in [1.807, 2.05) is 13.8 Å². The molecule has 1 aromatic carbocycles. The molecule has 0 radical (unpaired) electrons. The molecule has 0 heterocycles. The van der Waals surface area contributed by atoms with Crippen LogP contribution >= 0.6 is 0 Å². The Morgan fingerprint density at radius 2 is 1.75 bits per heavy atom. The van der Waals surface area contributed by atoms with Crippen molar-refractivity contribution < 1.29 is 28.4 Å². The number of hydrogen-bond donors (Lipinski definition) is 2. The topological polar surface area (TPSA) is 122 Å². The number of carbonyl (C=O) groups is 3. The lowest BCUT2D eigenvalue weighted by atomic mass is 10.0. The predicted molar refractivity (Wildman–Crippen MR) is 105 cm³/mol. The van der Waals surface area contributed by atoms with Crippen LogP contribution in [-0.2, 0) is 24.1 Å². The van der Waals surface area contributed by atoms with E-state index >= 15 is 0 Å². The Morgan fingerprint density at radius 3 is 2.21 bits per heavy atom. The van der Waals surface area contributed by atoms with E-state index in [1.54, 1.807) is 39.0 Å². The molecule has 0 spiro atoms. The van der Waals surface area contributed by atoms with Gasteiger partial charge in [0.25, 0.3) is 5.91 Å². The van der Waals surface area contributed by atoms with Crippen LogP contribution in [0.4, 0.5) is 4.79 Å². The Bertz CT molecular complexity index is 821. The van der Waals surface area contributed by atoms with Crippen LogP contribution in [0.3, 0.4) is 0 Å². The number of amides is 2. The van der Waals surface area contributed by atoms with Gasteiger partial charge in [0.15, 0.2) is 0 Å². The van der Waals surface area contributed by atoms with E-state index in [4.69, 9.17) is 9.84 Å². The average Bonchev–Trinajstić information content (AvgIpc) is 2.52. The van der Waals surface area contributed by atoms with E-state index in [9.17, 15) is 18.6 Å². The molecule has 0 saturated heterocycles. The van der Waals surface area contributed by atoms with Crippen LogP contribution < -0.4 is 5.32 Å². The number of carboxylic acid groups (broad SMARTS) is 1.